The van der Waals surface area contributed by atoms with Gasteiger partial charge in [0.25, 0.3) is 5.56 Å². The number of hydrogen-bond acceptors (Lipinski definition) is 4. The molecule has 0 bridgehead atoms. The zero-order valence-corrected chi connectivity index (χ0v) is 15.8. The van der Waals surface area contributed by atoms with Gasteiger partial charge in [-0.1, -0.05) is 18.2 Å². The summed E-state index contributed by atoms with van der Waals surface area (Å²) in [4.78, 5) is 12.2. The van der Waals surface area contributed by atoms with Crippen molar-refractivity contribution in [3.05, 3.63) is 63.8 Å². The fraction of sp³-hybridized carbons (Fsp3) is 0.421. The second kappa shape index (κ2) is 6.76. The molecule has 2 fully saturated rings. The van der Waals surface area contributed by atoms with Gasteiger partial charge in [-0.05, 0) is 31.9 Å². The lowest BCUT2D eigenvalue weighted by Crippen LogP contribution is -2.56. The SMILES string of the molecule is Cc1cc(OC2CN(S(=O)(=O)Cc3ccccc3F)C2)cc(=O)n1C1CC1. The first-order valence-corrected chi connectivity index (χ1v) is 10.6. The van der Waals surface area contributed by atoms with Crippen molar-refractivity contribution in [1.29, 1.82) is 0 Å². The van der Waals surface area contributed by atoms with Gasteiger partial charge in [0.2, 0.25) is 10.0 Å². The van der Waals surface area contributed by atoms with Gasteiger partial charge in [0.15, 0.2) is 0 Å². The van der Waals surface area contributed by atoms with E-state index in [2.05, 4.69) is 0 Å². The lowest BCUT2D eigenvalue weighted by atomic mass is 10.2. The van der Waals surface area contributed by atoms with Crippen molar-refractivity contribution in [3.63, 3.8) is 0 Å². The van der Waals surface area contributed by atoms with Crippen LogP contribution in [0, 0.1) is 12.7 Å². The highest BCUT2D eigenvalue weighted by Crippen LogP contribution is 2.35. The fourth-order valence-electron chi connectivity index (χ4n) is 3.35. The quantitative estimate of drug-likeness (QED) is 0.756. The van der Waals surface area contributed by atoms with Crippen LogP contribution in [0.15, 0.2) is 41.2 Å². The summed E-state index contributed by atoms with van der Waals surface area (Å²) >= 11 is 0. The molecule has 0 atom stereocenters. The van der Waals surface area contributed by atoms with Crippen LogP contribution < -0.4 is 10.3 Å². The Balaban J connectivity index is 1.38. The lowest BCUT2D eigenvalue weighted by Gasteiger charge is -2.37. The van der Waals surface area contributed by atoms with Crippen molar-refractivity contribution < 1.29 is 17.5 Å². The van der Waals surface area contributed by atoms with Gasteiger partial charge in [0.1, 0.15) is 17.7 Å². The molecule has 1 saturated heterocycles. The van der Waals surface area contributed by atoms with Gasteiger partial charge in [-0.25, -0.2) is 12.8 Å². The zero-order valence-electron chi connectivity index (χ0n) is 15.0. The topological polar surface area (TPSA) is 68.6 Å². The third kappa shape index (κ3) is 3.77. The third-order valence-corrected chi connectivity index (χ3v) is 6.71. The van der Waals surface area contributed by atoms with Crippen LogP contribution in [-0.4, -0.2) is 36.5 Å². The number of rotatable bonds is 6. The molecule has 0 amide bonds. The Labute approximate surface area is 157 Å². The van der Waals surface area contributed by atoms with Crippen molar-refractivity contribution in [2.75, 3.05) is 13.1 Å². The molecular weight excluding hydrogens is 371 g/mol. The molecule has 4 rings (SSSR count). The van der Waals surface area contributed by atoms with E-state index in [1.807, 2.05) is 13.0 Å². The van der Waals surface area contributed by atoms with Crippen molar-refractivity contribution in [1.82, 2.24) is 8.87 Å². The first-order chi connectivity index (χ1) is 12.8. The molecule has 144 valence electrons. The van der Waals surface area contributed by atoms with E-state index in [9.17, 15) is 17.6 Å². The Bertz CT molecular complexity index is 1020. The molecule has 0 unspecified atom stereocenters. The van der Waals surface area contributed by atoms with E-state index in [0.717, 1.165) is 18.5 Å². The van der Waals surface area contributed by atoms with Crippen LogP contribution in [0.5, 0.6) is 5.75 Å². The van der Waals surface area contributed by atoms with Gasteiger partial charge in [0, 0.05) is 23.4 Å². The molecule has 2 aromatic rings. The minimum Gasteiger partial charge on any atom is -0.487 e. The Morgan fingerprint density at radius 3 is 2.52 bits per heavy atom. The Kier molecular flexibility index (Phi) is 4.55. The monoisotopic (exact) mass is 392 g/mol. The summed E-state index contributed by atoms with van der Waals surface area (Å²) in [6.45, 7) is 2.27. The molecule has 2 aliphatic rings. The van der Waals surface area contributed by atoms with Crippen LogP contribution in [-0.2, 0) is 15.8 Å². The Hall–Kier alpha value is -2.19. The zero-order chi connectivity index (χ0) is 19.2. The maximum atomic E-state index is 13.7. The minimum atomic E-state index is -3.60. The number of benzene rings is 1. The maximum absolute atomic E-state index is 13.7. The summed E-state index contributed by atoms with van der Waals surface area (Å²) in [5, 5.41) is 0. The van der Waals surface area contributed by atoms with Crippen molar-refractivity contribution in [2.45, 2.75) is 37.7 Å². The van der Waals surface area contributed by atoms with Crippen molar-refractivity contribution in [2.24, 2.45) is 0 Å². The molecule has 1 saturated carbocycles. The first-order valence-electron chi connectivity index (χ1n) is 8.94. The van der Waals surface area contributed by atoms with E-state index < -0.39 is 15.8 Å². The second-order valence-electron chi connectivity index (χ2n) is 7.18. The van der Waals surface area contributed by atoms with Crippen molar-refractivity contribution >= 4 is 10.0 Å². The van der Waals surface area contributed by atoms with E-state index in [1.165, 1.54) is 28.6 Å². The smallest absolute Gasteiger partial charge is 0.254 e. The van der Waals surface area contributed by atoms with Gasteiger partial charge in [-0.2, -0.15) is 4.31 Å². The van der Waals surface area contributed by atoms with Gasteiger partial charge in [-0.15, -0.1) is 0 Å². The van der Waals surface area contributed by atoms with E-state index in [4.69, 9.17) is 4.74 Å². The summed E-state index contributed by atoms with van der Waals surface area (Å²) < 4.78 is 47.4. The maximum Gasteiger partial charge on any atom is 0.254 e. The van der Waals surface area contributed by atoms with Crippen LogP contribution in [0.1, 0.15) is 30.1 Å². The predicted octanol–water partition coefficient (Wildman–Crippen LogP) is 2.22. The summed E-state index contributed by atoms with van der Waals surface area (Å²) in [5.74, 6) is -0.435. The van der Waals surface area contributed by atoms with E-state index in [0.29, 0.717) is 11.8 Å². The van der Waals surface area contributed by atoms with E-state index in [1.54, 1.807) is 10.6 Å². The van der Waals surface area contributed by atoms with Crippen LogP contribution >= 0.6 is 0 Å². The Morgan fingerprint density at radius 2 is 1.89 bits per heavy atom. The molecule has 1 aliphatic carbocycles. The predicted molar refractivity (Wildman–Crippen MR) is 98.7 cm³/mol. The highest BCUT2D eigenvalue weighted by molar-refractivity contribution is 7.88. The van der Waals surface area contributed by atoms with Gasteiger partial charge < -0.3 is 9.30 Å². The van der Waals surface area contributed by atoms with Gasteiger partial charge in [0.05, 0.1) is 18.8 Å². The number of sulfonamides is 1. The number of nitrogens with zero attached hydrogens (tertiary/aromatic N) is 2. The lowest BCUT2D eigenvalue weighted by molar-refractivity contribution is 0.0757. The van der Waals surface area contributed by atoms with E-state index >= 15 is 0 Å². The van der Waals surface area contributed by atoms with Gasteiger partial charge in [-0.3, -0.25) is 4.79 Å². The largest absolute Gasteiger partial charge is 0.487 e. The standard InChI is InChI=1S/C19H21FN2O4S/c1-13-8-16(9-19(23)22(13)15-6-7-15)26-17-10-21(11-17)27(24,25)12-14-4-2-3-5-18(14)20/h2-5,8-9,15,17H,6-7,10-12H2,1H3. The van der Waals surface area contributed by atoms with Crippen LogP contribution in [0.3, 0.4) is 0 Å². The molecule has 0 N–H and O–H groups in total. The average molecular weight is 392 g/mol. The summed E-state index contributed by atoms with van der Waals surface area (Å²) in [5.41, 5.74) is 0.917. The number of aromatic nitrogens is 1. The molecule has 8 heteroatoms. The molecule has 1 aromatic heterocycles. The third-order valence-electron chi connectivity index (χ3n) is 4.95. The number of hydrogen-bond donors (Lipinski definition) is 0. The molecule has 2 heterocycles. The summed E-state index contributed by atoms with van der Waals surface area (Å²) in [6.07, 6.45) is 1.74. The summed E-state index contributed by atoms with van der Waals surface area (Å²) in [7, 11) is -3.60. The van der Waals surface area contributed by atoms with Crippen molar-refractivity contribution in [3.8, 4) is 5.75 Å². The normalized spacial score (nSPS) is 18.3. The van der Waals surface area contributed by atoms with Crippen LogP contribution in [0.4, 0.5) is 4.39 Å². The molecule has 1 aliphatic heterocycles. The molecule has 0 radical (unpaired) electrons. The fourth-order valence-corrected chi connectivity index (χ4v) is 4.95. The van der Waals surface area contributed by atoms with Crippen LogP contribution in [0.2, 0.25) is 0 Å². The summed E-state index contributed by atoms with van der Waals surface area (Å²) in [6, 6.07) is 9.43. The van der Waals surface area contributed by atoms with E-state index in [-0.39, 0.29) is 36.1 Å². The average Bonchev–Trinajstić information content (AvgIpc) is 3.36. The Morgan fingerprint density at radius 1 is 1.19 bits per heavy atom. The molecular formula is C19H21FN2O4S. The van der Waals surface area contributed by atoms with Gasteiger partial charge >= 0.3 is 0 Å². The second-order valence-corrected chi connectivity index (χ2v) is 9.15. The minimum absolute atomic E-state index is 0.0872. The first kappa shape index (κ1) is 18.2. The van der Waals surface area contributed by atoms with Crippen LogP contribution in [0.25, 0.3) is 0 Å². The molecule has 6 nitrogen and oxygen atoms in total. The highest BCUT2D eigenvalue weighted by atomic mass is 32.2. The molecule has 1 aromatic carbocycles. The number of pyridine rings is 1. The highest BCUT2D eigenvalue weighted by Gasteiger charge is 2.37. The number of aryl methyl sites for hydroxylation is 1. The number of halogens is 1. The number of ether oxygens (including phenoxy) is 1. The molecule has 0 spiro atoms. The molecule has 27 heavy (non-hydrogen) atoms.